The Balaban J connectivity index is 1.47. The molecule has 0 spiro atoms. The number of carboxylic acids is 1. The Labute approximate surface area is 206 Å². The molecule has 1 atom stereocenters. The number of nitrogens with one attached hydrogen (secondary N) is 1. The van der Waals surface area contributed by atoms with Crippen molar-refractivity contribution in [2.75, 3.05) is 19.0 Å². The van der Waals surface area contributed by atoms with Crippen LogP contribution in [0.25, 0.3) is 10.9 Å². The van der Waals surface area contributed by atoms with Crippen LogP contribution in [-0.2, 0) is 11.3 Å². The Morgan fingerprint density at radius 3 is 2.62 bits per heavy atom. The summed E-state index contributed by atoms with van der Waals surface area (Å²) in [5.41, 5.74) is 3.43. The van der Waals surface area contributed by atoms with Crippen molar-refractivity contribution in [2.24, 2.45) is 0 Å². The van der Waals surface area contributed by atoms with Crippen molar-refractivity contribution in [3.05, 3.63) is 94.6 Å². The quantitative estimate of drug-likeness (QED) is 0.277. The zero-order valence-corrected chi connectivity index (χ0v) is 19.8. The third-order valence-electron chi connectivity index (χ3n) is 5.57. The Morgan fingerprint density at radius 2 is 1.88 bits per heavy atom. The number of carboxylic acid groups (broad SMARTS) is 1. The van der Waals surface area contributed by atoms with Crippen molar-refractivity contribution in [3.8, 4) is 5.75 Å². The molecule has 0 saturated carbocycles. The molecule has 1 aromatic heterocycles. The van der Waals surface area contributed by atoms with E-state index in [9.17, 15) is 14.7 Å². The molecular weight excluding hydrogens is 475 g/mol. The van der Waals surface area contributed by atoms with Crippen molar-refractivity contribution >= 4 is 51.5 Å². The number of carbonyl (C=O) groups excluding carboxylic acids is 1. The first-order valence-corrected chi connectivity index (χ1v) is 11.3. The van der Waals surface area contributed by atoms with Crippen LogP contribution in [0.2, 0.25) is 5.02 Å². The number of ketones is 1. The number of aromatic carboxylic acids is 1. The molecule has 0 amide bonds. The van der Waals surface area contributed by atoms with Gasteiger partial charge in [-0.2, -0.15) is 0 Å². The lowest BCUT2D eigenvalue weighted by molar-refractivity contribution is -0.117. The maximum atomic E-state index is 12.6. The predicted molar refractivity (Wildman–Crippen MR) is 135 cm³/mol. The van der Waals surface area contributed by atoms with Crippen LogP contribution in [0.15, 0.2) is 72.9 Å². The molecule has 0 radical (unpaired) electrons. The summed E-state index contributed by atoms with van der Waals surface area (Å²) in [6.45, 7) is 0.586. The highest BCUT2D eigenvalue weighted by molar-refractivity contribution is 6.36. The van der Waals surface area contributed by atoms with Gasteiger partial charge in [0, 0.05) is 33.4 Å². The molecule has 174 valence electrons. The van der Waals surface area contributed by atoms with Gasteiger partial charge in [0.25, 0.3) is 0 Å². The van der Waals surface area contributed by atoms with Crippen molar-refractivity contribution in [2.45, 2.75) is 11.9 Å². The van der Waals surface area contributed by atoms with Gasteiger partial charge in [-0.05, 0) is 48.0 Å². The summed E-state index contributed by atoms with van der Waals surface area (Å²) in [5, 5.41) is 13.0. The molecule has 1 heterocycles. The van der Waals surface area contributed by atoms with E-state index in [2.05, 4.69) is 9.88 Å². The SMILES string of the molecule is COc1cc(C(=O)O)ccc1Cn1ccc2cc(NCC(=O)C(Cl)c3ccccc3Cl)ccc21. The predicted octanol–water partition coefficient (Wildman–Crippen LogP) is 6.01. The maximum Gasteiger partial charge on any atom is 0.335 e. The van der Waals surface area contributed by atoms with E-state index in [1.807, 2.05) is 30.5 Å². The number of alkyl halides is 1. The lowest BCUT2D eigenvalue weighted by Crippen LogP contribution is -2.18. The third-order valence-corrected chi connectivity index (χ3v) is 6.40. The fourth-order valence-corrected chi connectivity index (χ4v) is 4.34. The summed E-state index contributed by atoms with van der Waals surface area (Å²) in [4.78, 5) is 23.8. The van der Waals surface area contributed by atoms with E-state index in [0.29, 0.717) is 22.9 Å². The number of halogens is 2. The number of benzene rings is 3. The van der Waals surface area contributed by atoms with Crippen molar-refractivity contribution in [3.63, 3.8) is 0 Å². The minimum Gasteiger partial charge on any atom is -0.496 e. The number of hydrogen-bond donors (Lipinski definition) is 2. The number of anilines is 1. The highest BCUT2D eigenvalue weighted by atomic mass is 35.5. The monoisotopic (exact) mass is 496 g/mol. The number of rotatable bonds is 9. The molecule has 1 unspecified atom stereocenters. The van der Waals surface area contributed by atoms with Gasteiger partial charge in [-0.15, -0.1) is 11.6 Å². The van der Waals surface area contributed by atoms with Crippen molar-refractivity contribution in [1.82, 2.24) is 4.57 Å². The van der Waals surface area contributed by atoms with E-state index < -0.39 is 11.3 Å². The first kappa shape index (κ1) is 23.7. The summed E-state index contributed by atoms with van der Waals surface area (Å²) in [7, 11) is 1.52. The Morgan fingerprint density at radius 1 is 1.09 bits per heavy atom. The number of carbonyl (C=O) groups is 2. The smallest absolute Gasteiger partial charge is 0.335 e. The van der Waals surface area contributed by atoms with Gasteiger partial charge in [-0.1, -0.05) is 35.9 Å². The number of Topliss-reactive ketones (excluding diaryl/α,β-unsaturated/α-hetero) is 1. The molecule has 4 rings (SSSR count). The number of hydrogen-bond acceptors (Lipinski definition) is 4. The molecule has 4 aromatic rings. The van der Waals surface area contributed by atoms with Crippen LogP contribution in [0.3, 0.4) is 0 Å². The van der Waals surface area contributed by atoms with E-state index in [0.717, 1.165) is 22.2 Å². The molecule has 0 aliphatic rings. The summed E-state index contributed by atoms with van der Waals surface area (Å²) in [5.74, 6) is -0.654. The van der Waals surface area contributed by atoms with Crippen LogP contribution < -0.4 is 10.1 Å². The van der Waals surface area contributed by atoms with Crippen LogP contribution >= 0.6 is 23.2 Å². The average Bonchev–Trinajstić information content (AvgIpc) is 3.24. The molecule has 34 heavy (non-hydrogen) atoms. The topological polar surface area (TPSA) is 80.6 Å². The molecule has 3 aromatic carbocycles. The number of fused-ring (bicyclic) bond motifs is 1. The summed E-state index contributed by atoms with van der Waals surface area (Å²) >= 11 is 12.5. The van der Waals surface area contributed by atoms with Crippen molar-refractivity contribution < 1.29 is 19.4 Å². The average molecular weight is 497 g/mol. The van der Waals surface area contributed by atoms with Gasteiger partial charge in [-0.3, -0.25) is 4.79 Å². The van der Waals surface area contributed by atoms with Gasteiger partial charge in [0.2, 0.25) is 0 Å². The first-order valence-electron chi connectivity index (χ1n) is 10.5. The molecule has 0 aliphatic carbocycles. The fraction of sp³-hybridized carbons (Fsp3) is 0.154. The van der Waals surface area contributed by atoms with Crippen LogP contribution in [0.4, 0.5) is 5.69 Å². The Kier molecular flexibility index (Phi) is 7.10. The fourth-order valence-electron chi connectivity index (χ4n) is 3.77. The highest BCUT2D eigenvalue weighted by Gasteiger charge is 2.19. The third kappa shape index (κ3) is 5.03. The van der Waals surface area contributed by atoms with Crippen LogP contribution in [0, 0.1) is 0 Å². The molecule has 6 nitrogen and oxygen atoms in total. The minimum absolute atomic E-state index is 0.0682. The lowest BCUT2D eigenvalue weighted by Gasteiger charge is -2.13. The van der Waals surface area contributed by atoms with Gasteiger partial charge >= 0.3 is 5.97 Å². The second-order valence-corrected chi connectivity index (χ2v) is 8.60. The van der Waals surface area contributed by atoms with E-state index in [1.165, 1.54) is 13.2 Å². The number of nitrogens with zero attached hydrogens (tertiary/aromatic N) is 1. The molecule has 0 aliphatic heterocycles. The number of methoxy groups -OCH3 is 1. The zero-order valence-electron chi connectivity index (χ0n) is 18.3. The van der Waals surface area contributed by atoms with Crippen LogP contribution in [-0.4, -0.2) is 35.1 Å². The summed E-state index contributed by atoms with van der Waals surface area (Å²) in [6.07, 6.45) is 1.95. The Hall–Kier alpha value is -3.48. The summed E-state index contributed by atoms with van der Waals surface area (Å²) < 4.78 is 7.44. The molecular formula is C26H22Cl2N2O4. The minimum atomic E-state index is -0.998. The maximum absolute atomic E-state index is 12.6. The van der Waals surface area contributed by atoms with E-state index in [4.69, 9.17) is 27.9 Å². The number of aromatic nitrogens is 1. The summed E-state index contributed by atoms with van der Waals surface area (Å²) in [6, 6.07) is 19.7. The normalized spacial score (nSPS) is 11.9. The van der Waals surface area contributed by atoms with Crippen molar-refractivity contribution in [1.29, 1.82) is 0 Å². The largest absolute Gasteiger partial charge is 0.496 e. The van der Waals surface area contributed by atoms with Gasteiger partial charge in [0.05, 0.1) is 25.8 Å². The molecule has 0 bridgehead atoms. The molecule has 8 heteroatoms. The molecule has 2 N–H and O–H groups in total. The second-order valence-electron chi connectivity index (χ2n) is 7.75. The first-order chi connectivity index (χ1) is 16.4. The van der Waals surface area contributed by atoms with Gasteiger partial charge in [-0.25, -0.2) is 4.79 Å². The van der Waals surface area contributed by atoms with E-state index in [-0.39, 0.29) is 17.9 Å². The van der Waals surface area contributed by atoms with Gasteiger partial charge < -0.3 is 19.7 Å². The van der Waals surface area contributed by atoms with Crippen LogP contribution in [0.5, 0.6) is 5.75 Å². The Bertz CT molecular complexity index is 1370. The second kappa shape index (κ2) is 10.2. The standard InChI is InChI=1S/C26H22Cl2N2O4/c1-34-24-13-17(26(32)33)6-7-18(24)15-30-11-10-16-12-19(8-9-22(16)30)29-14-23(31)25(28)20-4-2-3-5-21(20)27/h2-13,25,29H,14-15H2,1H3,(H,32,33). The van der Waals surface area contributed by atoms with Crippen LogP contribution in [0.1, 0.15) is 26.9 Å². The highest BCUT2D eigenvalue weighted by Crippen LogP contribution is 2.29. The van der Waals surface area contributed by atoms with Gasteiger partial charge in [0.15, 0.2) is 5.78 Å². The molecule has 0 saturated heterocycles. The zero-order chi connectivity index (χ0) is 24.2. The number of ether oxygens (including phenoxy) is 1. The van der Waals surface area contributed by atoms with Gasteiger partial charge in [0.1, 0.15) is 11.1 Å². The van der Waals surface area contributed by atoms with E-state index in [1.54, 1.807) is 36.4 Å². The molecule has 0 fully saturated rings. The lowest BCUT2D eigenvalue weighted by atomic mass is 10.1. The van der Waals surface area contributed by atoms with E-state index >= 15 is 0 Å².